The van der Waals surface area contributed by atoms with Crippen LogP contribution in [0.5, 0.6) is 5.75 Å². The Hall–Kier alpha value is -2.74. The highest BCUT2D eigenvalue weighted by molar-refractivity contribution is 5.84. The van der Waals surface area contributed by atoms with Gasteiger partial charge in [0.05, 0.1) is 12.7 Å². The fraction of sp³-hybridized carbons (Fsp3) is 0.333. The summed E-state index contributed by atoms with van der Waals surface area (Å²) in [5.74, 6) is -0.484. The molecule has 0 spiro atoms. The molecule has 1 N–H and O–H groups in total. The average molecular weight is 313 g/mol. The summed E-state index contributed by atoms with van der Waals surface area (Å²) in [6.45, 7) is 2.58. The molecule has 2 rings (SSSR count). The number of hydrogen-bond acceptors (Lipinski definition) is 4. The lowest BCUT2D eigenvalue weighted by molar-refractivity contribution is 0.0660. The zero-order valence-electron chi connectivity index (χ0n) is 13.0. The number of carboxylic acids is 1. The van der Waals surface area contributed by atoms with Crippen molar-refractivity contribution in [1.82, 2.24) is 0 Å². The zero-order chi connectivity index (χ0) is 16.7. The standard InChI is InChI=1S/C18H19NO4/c1-2-13-6-3-4-8-15(13)22-11-5-7-14(12-19)16-9-10-17(23-16)18(20)21/h3-4,6,8-10,14H,2,5,7,11H2,1H3,(H,20,21). The minimum atomic E-state index is -1.13. The van der Waals surface area contributed by atoms with Crippen LogP contribution in [0.3, 0.4) is 0 Å². The Morgan fingerprint density at radius 2 is 2.13 bits per heavy atom. The first-order chi connectivity index (χ1) is 11.2. The van der Waals surface area contributed by atoms with Crippen molar-refractivity contribution in [3.63, 3.8) is 0 Å². The van der Waals surface area contributed by atoms with Crippen LogP contribution in [0, 0.1) is 11.3 Å². The number of nitriles is 1. The van der Waals surface area contributed by atoms with Crippen LogP contribution in [0.4, 0.5) is 0 Å². The van der Waals surface area contributed by atoms with Crippen LogP contribution in [0.2, 0.25) is 0 Å². The fourth-order valence-corrected chi connectivity index (χ4v) is 2.33. The highest BCUT2D eigenvalue weighted by Crippen LogP contribution is 2.24. The summed E-state index contributed by atoms with van der Waals surface area (Å²) in [7, 11) is 0. The molecule has 5 nitrogen and oxygen atoms in total. The van der Waals surface area contributed by atoms with Crippen molar-refractivity contribution in [2.45, 2.75) is 32.1 Å². The maximum Gasteiger partial charge on any atom is 0.371 e. The van der Waals surface area contributed by atoms with Gasteiger partial charge in [0, 0.05) is 0 Å². The lowest BCUT2D eigenvalue weighted by atomic mass is 10.0. The van der Waals surface area contributed by atoms with Crippen LogP contribution in [-0.4, -0.2) is 17.7 Å². The van der Waals surface area contributed by atoms with Gasteiger partial charge < -0.3 is 14.3 Å². The van der Waals surface area contributed by atoms with Gasteiger partial charge in [-0.05, 0) is 43.0 Å². The van der Waals surface area contributed by atoms with Crippen molar-refractivity contribution >= 4 is 5.97 Å². The third-order valence-corrected chi connectivity index (χ3v) is 3.59. The predicted octanol–water partition coefficient (Wildman–Crippen LogP) is 4.01. The van der Waals surface area contributed by atoms with Gasteiger partial charge in [0.25, 0.3) is 0 Å². The quantitative estimate of drug-likeness (QED) is 0.744. The van der Waals surface area contributed by atoms with Gasteiger partial charge in [-0.1, -0.05) is 25.1 Å². The van der Waals surface area contributed by atoms with Gasteiger partial charge in [0.15, 0.2) is 0 Å². The molecule has 1 heterocycles. The Morgan fingerprint density at radius 1 is 1.35 bits per heavy atom. The Balaban J connectivity index is 1.86. The largest absolute Gasteiger partial charge is 0.493 e. The summed E-state index contributed by atoms with van der Waals surface area (Å²) >= 11 is 0. The van der Waals surface area contributed by atoms with Crippen LogP contribution >= 0.6 is 0 Å². The van der Waals surface area contributed by atoms with E-state index in [1.165, 1.54) is 6.07 Å². The molecule has 0 radical (unpaired) electrons. The van der Waals surface area contributed by atoms with E-state index in [1.807, 2.05) is 24.3 Å². The second kappa shape index (κ2) is 8.04. The Labute approximate surface area is 135 Å². The van der Waals surface area contributed by atoms with E-state index in [9.17, 15) is 10.1 Å². The van der Waals surface area contributed by atoms with Crippen LogP contribution in [-0.2, 0) is 6.42 Å². The first kappa shape index (κ1) is 16.6. The van der Waals surface area contributed by atoms with Crippen molar-refractivity contribution in [2.24, 2.45) is 0 Å². The summed E-state index contributed by atoms with van der Waals surface area (Å²) in [6.07, 6.45) is 2.14. The van der Waals surface area contributed by atoms with Crippen LogP contribution in [0.1, 0.15) is 47.6 Å². The highest BCUT2D eigenvalue weighted by atomic mass is 16.5. The van der Waals surface area contributed by atoms with Gasteiger partial charge in [0.2, 0.25) is 5.76 Å². The lowest BCUT2D eigenvalue weighted by Gasteiger charge is -2.11. The maximum absolute atomic E-state index is 10.8. The number of carbonyl (C=O) groups is 1. The molecule has 1 aromatic carbocycles. The van der Waals surface area contributed by atoms with Crippen molar-refractivity contribution in [3.8, 4) is 11.8 Å². The fourth-order valence-electron chi connectivity index (χ4n) is 2.33. The molecule has 1 aromatic heterocycles. The SMILES string of the molecule is CCc1ccccc1OCCCC(C#N)c1ccc(C(=O)O)o1. The molecule has 0 aliphatic heterocycles. The smallest absolute Gasteiger partial charge is 0.371 e. The van der Waals surface area contributed by atoms with Crippen molar-refractivity contribution in [3.05, 3.63) is 53.5 Å². The molecule has 0 saturated carbocycles. The van der Waals surface area contributed by atoms with Crippen molar-refractivity contribution < 1.29 is 19.1 Å². The number of hydrogen-bond donors (Lipinski definition) is 1. The van der Waals surface area contributed by atoms with E-state index in [-0.39, 0.29) is 5.76 Å². The minimum Gasteiger partial charge on any atom is -0.493 e. The van der Waals surface area contributed by atoms with Crippen LogP contribution in [0.15, 0.2) is 40.8 Å². The highest BCUT2D eigenvalue weighted by Gasteiger charge is 2.17. The number of furan rings is 1. The molecule has 0 amide bonds. The van der Waals surface area contributed by atoms with E-state index in [0.717, 1.165) is 17.7 Å². The molecule has 0 saturated heterocycles. The second-order valence-electron chi connectivity index (χ2n) is 5.14. The molecule has 5 heteroatoms. The number of nitrogens with zero attached hydrogens (tertiary/aromatic N) is 1. The van der Waals surface area contributed by atoms with E-state index in [0.29, 0.717) is 25.2 Å². The molecule has 120 valence electrons. The number of aromatic carboxylic acids is 1. The Morgan fingerprint density at radius 3 is 2.78 bits per heavy atom. The van der Waals surface area contributed by atoms with E-state index < -0.39 is 11.9 Å². The molecule has 0 bridgehead atoms. The van der Waals surface area contributed by atoms with Gasteiger partial charge in [-0.2, -0.15) is 5.26 Å². The maximum atomic E-state index is 10.8. The second-order valence-corrected chi connectivity index (χ2v) is 5.14. The Bertz CT molecular complexity index is 699. The Kier molecular flexibility index (Phi) is 5.81. The summed E-state index contributed by atoms with van der Waals surface area (Å²) in [4.78, 5) is 10.8. The molecule has 0 fully saturated rings. The topological polar surface area (TPSA) is 83.5 Å². The molecule has 1 unspecified atom stereocenters. The third-order valence-electron chi connectivity index (χ3n) is 3.59. The number of rotatable bonds is 8. The molecule has 23 heavy (non-hydrogen) atoms. The zero-order valence-corrected chi connectivity index (χ0v) is 13.0. The minimum absolute atomic E-state index is 0.145. The van der Waals surface area contributed by atoms with Gasteiger partial charge in [0.1, 0.15) is 17.4 Å². The summed E-state index contributed by atoms with van der Waals surface area (Å²) < 4.78 is 11.0. The lowest BCUT2D eigenvalue weighted by Crippen LogP contribution is -2.03. The van der Waals surface area contributed by atoms with Crippen molar-refractivity contribution in [1.29, 1.82) is 5.26 Å². The number of para-hydroxylation sites is 1. The van der Waals surface area contributed by atoms with E-state index in [1.54, 1.807) is 6.07 Å². The molecule has 0 aliphatic rings. The normalized spacial score (nSPS) is 11.7. The summed E-state index contributed by atoms with van der Waals surface area (Å²) in [5, 5.41) is 18.1. The molecule has 2 aromatic rings. The molecular formula is C18H19NO4. The number of benzene rings is 1. The van der Waals surface area contributed by atoms with Crippen LogP contribution in [0.25, 0.3) is 0 Å². The predicted molar refractivity (Wildman–Crippen MR) is 84.6 cm³/mol. The number of aryl methyl sites for hydroxylation is 1. The third kappa shape index (κ3) is 4.36. The summed E-state index contributed by atoms with van der Waals surface area (Å²) in [5.41, 5.74) is 1.15. The van der Waals surface area contributed by atoms with Crippen LogP contribution < -0.4 is 4.74 Å². The van der Waals surface area contributed by atoms with Gasteiger partial charge >= 0.3 is 5.97 Å². The first-order valence-electron chi connectivity index (χ1n) is 7.59. The first-order valence-corrected chi connectivity index (χ1v) is 7.59. The number of carboxylic acid groups (broad SMARTS) is 1. The van der Waals surface area contributed by atoms with Gasteiger partial charge in [-0.25, -0.2) is 4.79 Å². The van der Waals surface area contributed by atoms with E-state index >= 15 is 0 Å². The summed E-state index contributed by atoms with van der Waals surface area (Å²) in [6, 6.07) is 12.9. The molecule has 0 aliphatic carbocycles. The molecular weight excluding hydrogens is 294 g/mol. The monoisotopic (exact) mass is 313 g/mol. The van der Waals surface area contributed by atoms with Gasteiger partial charge in [-0.3, -0.25) is 0 Å². The number of ether oxygens (including phenoxy) is 1. The average Bonchev–Trinajstić information content (AvgIpc) is 3.05. The van der Waals surface area contributed by atoms with Crippen molar-refractivity contribution in [2.75, 3.05) is 6.61 Å². The van der Waals surface area contributed by atoms with Gasteiger partial charge in [-0.15, -0.1) is 0 Å². The van der Waals surface area contributed by atoms with E-state index in [2.05, 4.69) is 13.0 Å². The molecule has 1 atom stereocenters. The van der Waals surface area contributed by atoms with E-state index in [4.69, 9.17) is 14.3 Å².